The molecule has 0 radical (unpaired) electrons. The highest BCUT2D eigenvalue weighted by atomic mass is 79.9. The quantitative estimate of drug-likeness (QED) is 0.663. The van der Waals surface area contributed by atoms with Gasteiger partial charge in [0.15, 0.2) is 0 Å². The fraction of sp³-hybridized carbons (Fsp3) is 0. The third kappa shape index (κ3) is 1.56. The zero-order valence-electron chi connectivity index (χ0n) is 4.31. The van der Waals surface area contributed by atoms with Crippen molar-refractivity contribution >= 4 is 27.5 Å². The molecule has 0 saturated carbocycles. The molecular formula is C5H3BrClNO. The van der Waals surface area contributed by atoms with Gasteiger partial charge < -0.3 is 5.11 Å². The molecule has 0 spiro atoms. The number of rotatable bonds is 0. The number of hydrogen-bond acceptors (Lipinski definition) is 2. The molecule has 0 atom stereocenters. The highest BCUT2D eigenvalue weighted by molar-refractivity contribution is 9.10. The molecular weight excluding hydrogens is 205 g/mol. The van der Waals surface area contributed by atoms with Gasteiger partial charge in [0.1, 0.15) is 15.5 Å². The predicted molar refractivity (Wildman–Crippen MR) is 38.6 cm³/mol. The molecule has 0 aliphatic rings. The van der Waals surface area contributed by atoms with Gasteiger partial charge in [-0.05, 0) is 28.1 Å². The standard InChI is InChI=1S/C5H3BrClNO/c6-5-3(9)1-2-4(7)8-5/h1-2,9H. The van der Waals surface area contributed by atoms with Crippen molar-refractivity contribution in [3.8, 4) is 5.75 Å². The molecule has 0 aliphatic carbocycles. The van der Waals surface area contributed by atoms with Crippen LogP contribution in [0.3, 0.4) is 0 Å². The Kier molecular flexibility index (Phi) is 1.93. The summed E-state index contributed by atoms with van der Waals surface area (Å²) in [5, 5.41) is 9.24. The molecule has 0 fully saturated rings. The lowest BCUT2D eigenvalue weighted by atomic mass is 10.5. The fourth-order valence-electron chi connectivity index (χ4n) is 0.405. The topological polar surface area (TPSA) is 33.1 Å². The lowest BCUT2D eigenvalue weighted by molar-refractivity contribution is 0.468. The van der Waals surface area contributed by atoms with E-state index in [4.69, 9.17) is 16.7 Å². The average molecular weight is 208 g/mol. The third-order valence-electron chi connectivity index (χ3n) is 0.795. The molecule has 48 valence electrons. The highest BCUT2D eigenvalue weighted by Crippen LogP contribution is 2.22. The summed E-state index contributed by atoms with van der Waals surface area (Å²) in [6, 6.07) is 2.99. The highest BCUT2D eigenvalue weighted by Gasteiger charge is 1.96. The van der Waals surface area contributed by atoms with Crippen LogP contribution >= 0.6 is 27.5 Å². The maximum Gasteiger partial charge on any atom is 0.149 e. The van der Waals surface area contributed by atoms with Gasteiger partial charge in [-0.25, -0.2) is 4.98 Å². The van der Waals surface area contributed by atoms with Crippen molar-refractivity contribution in [3.63, 3.8) is 0 Å². The Labute approximate surface area is 65.6 Å². The van der Waals surface area contributed by atoms with Crippen LogP contribution in [0.1, 0.15) is 0 Å². The van der Waals surface area contributed by atoms with Crippen LogP contribution in [0.2, 0.25) is 5.15 Å². The van der Waals surface area contributed by atoms with Crippen LogP contribution in [0.25, 0.3) is 0 Å². The van der Waals surface area contributed by atoms with Gasteiger partial charge in [0.25, 0.3) is 0 Å². The molecule has 2 nitrogen and oxygen atoms in total. The van der Waals surface area contributed by atoms with Crippen LogP contribution in [0.4, 0.5) is 0 Å². The Bertz CT molecular complexity index is 228. The smallest absolute Gasteiger partial charge is 0.149 e. The monoisotopic (exact) mass is 207 g/mol. The zero-order chi connectivity index (χ0) is 6.85. The van der Waals surface area contributed by atoms with Crippen LogP contribution < -0.4 is 0 Å². The first-order valence-corrected chi connectivity index (χ1v) is 3.38. The molecule has 0 aromatic carbocycles. The first kappa shape index (κ1) is 6.83. The van der Waals surface area contributed by atoms with E-state index in [0.717, 1.165) is 0 Å². The van der Waals surface area contributed by atoms with E-state index in [2.05, 4.69) is 20.9 Å². The van der Waals surface area contributed by atoms with Gasteiger partial charge in [0.05, 0.1) is 0 Å². The van der Waals surface area contributed by atoms with E-state index in [1.54, 1.807) is 0 Å². The number of nitrogens with zero attached hydrogens (tertiary/aromatic N) is 1. The summed E-state index contributed by atoms with van der Waals surface area (Å²) >= 11 is 8.47. The van der Waals surface area contributed by atoms with Gasteiger partial charge >= 0.3 is 0 Å². The molecule has 1 aromatic heterocycles. The lowest BCUT2D eigenvalue weighted by Crippen LogP contribution is -1.75. The molecule has 0 bridgehead atoms. The number of aromatic nitrogens is 1. The van der Waals surface area contributed by atoms with Crippen molar-refractivity contribution in [1.29, 1.82) is 0 Å². The van der Waals surface area contributed by atoms with Crippen molar-refractivity contribution in [1.82, 2.24) is 4.98 Å². The summed E-state index contributed by atoms with van der Waals surface area (Å²) in [4.78, 5) is 3.71. The number of pyridine rings is 1. The third-order valence-corrected chi connectivity index (χ3v) is 1.59. The van der Waals surface area contributed by atoms with Crippen LogP contribution in [0.15, 0.2) is 16.7 Å². The first-order chi connectivity index (χ1) is 4.20. The van der Waals surface area contributed by atoms with Crippen molar-refractivity contribution in [2.75, 3.05) is 0 Å². The SMILES string of the molecule is Oc1ccc(Cl)nc1Br. The molecule has 1 rings (SSSR count). The van der Waals surface area contributed by atoms with E-state index in [-0.39, 0.29) is 5.75 Å². The second-order valence-electron chi connectivity index (χ2n) is 1.44. The number of aromatic hydroxyl groups is 1. The summed E-state index contributed by atoms with van der Waals surface area (Å²) in [6.45, 7) is 0. The van der Waals surface area contributed by atoms with Gasteiger partial charge in [0, 0.05) is 0 Å². The molecule has 0 unspecified atom stereocenters. The summed E-state index contributed by atoms with van der Waals surface area (Å²) in [5.41, 5.74) is 0. The molecule has 1 heterocycles. The number of hydrogen-bond donors (Lipinski definition) is 1. The fourth-order valence-corrected chi connectivity index (χ4v) is 0.978. The molecule has 0 saturated heterocycles. The summed E-state index contributed by atoms with van der Waals surface area (Å²) in [6.07, 6.45) is 0. The second-order valence-corrected chi connectivity index (χ2v) is 2.58. The summed E-state index contributed by atoms with van der Waals surface area (Å²) in [5.74, 6) is 0.0967. The largest absolute Gasteiger partial charge is 0.505 e. The van der Waals surface area contributed by atoms with E-state index in [0.29, 0.717) is 9.76 Å². The van der Waals surface area contributed by atoms with Crippen molar-refractivity contribution in [2.24, 2.45) is 0 Å². The molecule has 4 heteroatoms. The van der Waals surface area contributed by atoms with E-state index in [1.165, 1.54) is 12.1 Å². The van der Waals surface area contributed by atoms with Crippen LogP contribution in [0.5, 0.6) is 5.75 Å². The van der Waals surface area contributed by atoms with Gasteiger partial charge in [0.2, 0.25) is 0 Å². The van der Waals surface area contributed by atoms with Gasteiger partial charge in [-0.2, -0.15) is 0 Å². The number of halogens is 2. The molecule has 1 aromatic rings. The normalized spacial score (nSPS) is 9.56. The zero-order valence-corrected chi connectivity index (χ0v) is 6.65. The maximum atomic E-state index is 8.88. The van der Waals surface area contributed by atoms with Crippen LogP contribution in [0, 0.1) is 0 Å². The maximum absolute atomic E-state index is 8.88. The van der Waals surface area contributed by atoms with Gasteiger partial charge in [-0.15, -0.1) is 0 Å². The van der Waals surface area contributed by atoms with E-state index < -0.39 is 0 Å². The molecule has 9 heavy (non-hydrogen) atoms. The minimum atomic E-state index is 0.0967. The van der Waals surface area contributed by atoms with E-state index >= 15 is 0 Å². The Morgan fingerprint density at radius 3 is 2.67 bits per heavy atom. The van der Waals surface area contributed by atoms with Crippen molar-refractivity contribution < 1.29 is 5.11 Å². The minimum absolute atomic E-state index is 0.0967. The lowest BCUT2D eigenvalue weighted by Gasteiger charge is -1.93. The van der Waals surface area contributed by atoms with Crippen molar-refractivity contribution in [2.45, 2.75) is 0 Å². The molecule has 0 amide bonds. The predicted octanol–water partition coefficient (Wildman–Crippen LogP) is 2.20. The second kappa shape index (κ2) is 2.54. The summed E-state index contributed by atoms with van der Waals surface area (Å²) < 4.78 is 0.370. The first-order valence-electron chi connectivity index (χ1n) is 2.21. The minimum Gasteiger partial charge on any atom is -0.505 e. The van der Waals surface area contributed by atoms with Gasteiger partial charge in [-0.3, -0.25) is 0 Å². The van der Waals surface area contributed by atoms with E-state index in [1.807, 2.05) is 0 Å². The molecule has 1 N–H and O–H groups in total. The summed E-state index contributed by atoms with van der Waals surface area (Å²) in [7, 11) is 0. The Balaban J connectivity index is 3.17. The van der Waals surface area contributed by atoms with Crippen LogP contribution in [-0.4, -0.2) is 10.1 Å². The average Bonchev–Trinajstić information content (AvgIpc) is 1.80. The van der Waals surface area contributed by atoms with E-state index in [9.17, 15) is 0 Å². The Hall–Kier alpha value is -0.280. The van der Waals surface area contributed by atoms with Gasteiger partial charge in [-0.1, -0.05) is 11.6 Å². The van der Waals surface area contributed by atoms with Crippen LogP contribution in [-0.2, 0) is 0 Å². The Morgan fingerprint density at radius 2 is 2.22 bits per heavy atom. The van der Waals surface area contributed by atoms with Crippen molar-refractivity contribution in [3.05, 3.63) is 21.9 Å². The Morgan fingerprint density at radius 1 is 1.56 bits per heavy atom. The molecule has 0 aliphatic heterocycles.